The van der Waals surface area contributed by atoms with Crippen molar-refractivity contribution in [3.63, 3.8) is 0 Å². The third kappa shape index (κ3) is 6.95. The lowest BCUT2D eigenvalue weighted by atomic mass is 10.1. The van der Waals surface area contributed by atoms with Gasteiger partial charge in [0, 0.05) is 6.42 Å². The van der Waals surface area contributed by atoms with E-state index in [4.69, 9.17) is 20.9 Å². The standard InChI is InChI=1S/C19H22N2O4/c20-18(22)12-14-4-1-6-16(10-14)24-8-3-9-25-17-7-2-5-15(11-17)13-19(21)23/h1-2,4-7,10-11H,3,8-9,12-13H2,(H2,20,22)(H2,21,23). The zero-order valence-electron chi connectivity index (χ0n) is 13.9. The molecule has 2 aromatic rings. The number of ether oxygens (including phenoxy) is 2. The van der Waals surface area contributed by atoms with Gasteiger partial charge in [-0.05, 0) is 35.4 Å². The topological polar surface area (TPSA) is 105 Å². The fraction of sp³-hybridized carbons (Fsp3) is 0.263. The van der Waals surface area contributed by atoms with Gasteiger partial charge in [-0.2, -0.15) is 0 Å². The van der Waals surface area contributed by atoms with Gasteiger partial charge in [0.05, 0.1) is 26.1 Å². The quantitative estimate of drug-likeness (QED) is 0.640. The van der Waals surface area contributed by atoms with Gasteiger partial charge < -0.3 is 20.9 Å². The Balaban J connectivity index is 1.73. The molecule has 0 atom stereocenters. The van der Waals surface area contributed by atoms with E-state index in [-0.39, 0.29) is 24.7 Å². The summed E-state index contributed by atoms with van der Waals surface area (Å²) >= 11 is 0. The molecular weight excluding hydrogens is 320 g/mol. The second-order valence-electron chi connectivity index (χ2n) is 5.63. The second kappa shape index (κ2) is 9.32. The first-order chi connectivity index (χ1) is 12.0. The van der Waals surface area contributed by atoms with Crippen LogP contribution in [0.2, 0.25) is 0 Å². The molecule has 0 aliphatic heterocycles. The largest absolute Gasteiger partial charge is 0.493 e. The van der Waals surface area contributed by atoms with Crippen LogP contribution in [0.25, 0.3) is 0 Å². The minimum absolute atomic E-state index is 0.196. The van der Waals surface area contributed by atoms with Crippen LogP contribution in [0.4, 0.5) is 0 Å². The number of carbonyl (C=O) groups excluding carboxylic acids is 2. The van der Waals surface area contributed by atoms with E-state index >= 15 is 0 Å². The van der Waals surface area contributed by atoms with Gasteiger partial charge in [-0.15, -0.1) is 0 Å². The van der Waals surface area contributed by atoms with Crippen molar-refractivity contribution in [2.45, 2.75) is 19.3 Å². The number of amides is 2. The predicted molar refractivity (Wildman–Crippen MR) is 94.3 cm³/mol. The third-order valence-electron chi connectivity index (χ3n) is 3.38. The van der Waals surface area contributed by atoms with Gasteiger partial charge in [-0.25, -0.2) is 0 Å². The summed E-state index contributed by atoms with van der Waals surface area (Å²) in [5, 5.41) is 0. The van der Waals surface area contributed by atoms with Crippen LogP contribution in [0.1, 0.15) is 17.5 Å². The summed E-state index contributed by atoms with van der Waals surface area (Å²) in [4.78, 5) is 21.9. The van der Waals surface area contributed by atoms with Crippen LogP contribution >= 0.6 is 0 Å². The van der Waals surface area contributed by atoms with E-state index in [9.17, 15) is 9.59 Å². The average molecular weight is 342 g/mol. The number of hydrogen-bond donors (Lipinski definition) is 2. The zero-order valence-corrected chi connectivity index (χ0v) is 13.9. The highest BCUT2D eigenvalue weighted by Crippen LogP contribution is 2.15. The van der Waals surface area contributed by atoms with Gasteiger partial charge in [0.25, 0.3) is 0 Å². The molecule has 0 radical (unpaired) electrons. The fourth-order valence-electron chi connectivity index (χ4n) is 2.33. The molecule has 0 aliphatic carbocycles. The van der Waals surface area contributed by atoms with Crippen molar-refractivity contribution in [3.8, 4) is 11.5 Å². The fourth-order valence-corrected chi connectivity index (χ4v) is 2.33. The maximum Gasteiger partial charge on any atom is 0.221 e. The Morgan fingerprint density at radius 1 is 0.760 bits per heavy atom. The molecule has 0 saturated heterocycles. The Hall–Kier alpha value is -3.02. The Morgan fingerprint density at radius 2 is 1.20 bits per heavy atom. The number of nitrogens with two attached hydrogens (primary N) is 2. The molecule has 6 nitrogen and oxygen atoms in total. The predicted octanol–water partition coefficient (Wildman–Crippen LogP) is 1.59. The van der Waals surface area contributed by atoms with E-state index in [1.165, 1.54) is 0 Å². The second-order valence-corrected chi connectivity index (χ2v) is 5.63. The van der Waals surface area contributed by atoms with Crippen LogP contribution in [-0.2, 0) is 22.4 Å². The molecule has 25 heavy (non-hydrogen) atoms. The van der Waals surface area contributed by atoms with Crippen molar-refractivity contribution < 1.29 is 19.1 Å². The lowest BCUT2D eigenvalue weighted by Crippen LogP contribution is -2.13. The van der Waals surface area contributed by atoms with Gasteiger partial charge in [0.2, 0.25) is 11.8 Å². The van der Waals surface area contributed by atoms with Crippen molar-refractivity contribution >= 4 is 11.8 Å². The zero-order chi connectivity index (χ0) is 18.1. The van der Waals surface area contributed by atoms with Crippen molar-refractivity contribution in [1.29, 1.82) is 0 Å². The normalized spacial score (nSPS) is 10.2. The number of carbonyl (C=O) groups is 2. The molecule has 132 valence electrons. The Labute approximate surface area is 146 Å². The number of benzene rings is 2. The van der Waals surface area contributed by atoms with Crippen LogP contribution < -0.4 is 20.9 Å². The molecular formula is C19H22N2O4. The van der Waals surface area contributed by atoms with Gasteiger partial charge in [0.1, 0.15) is 11.5 Å². The number of primary amides is 2. The van der Waals surface area contributed by atoms with Crippen LogP contribution in [0, 0.1) is 0 Å². The summed E-state index contributed by atoms with van der Waals surface area (Å²) in [6.07, 6.45) is 1.09. The number of rotatable bonds is 10. The Bertz CT molecular complexity index is 669. The summed E-state index contributed by atoms with van der Waals surface area (Å²) in [5.41, 5.74) is 12.0. The molecule has 0 aliphatic rings. The van der Waals surface area contributed by atoms with Gasteiger partial charge >= 0.3 is 0 Å². The smallest absolute Gasteiger partial charge is 0.221 e. The number of hydrogen-bond acceptors (Lipinski definition) is 4. The summed E-state index contributed by atoms with van der Waals surface area (Å²) in [6, 6.07) is 14.6. The van der Waals surface area contributed by atoms with Gasteiger partial charge in [-0.3, -0.25) is 9.59 Å². The molecule has 0 unspecified atom stereocenters. The highest BCUT2D eigenvalue weighted by Gasteiger charge is 2.02. The van der Waals surface area contributed by atoms with E-state index < -0.39 is 0 Å². The van der Waals surface area contributed by atoms with Crippen molar-refractivity contribution in [2.24, 2.45) is 11.5 Å². The SMILES string of the molecule is NC(=O)Cc1cccc(OCCCOc2cccc(CC(N)=O)c2)c1. The van der Waals surface area contributed by atoms with Gasteiger partial charge in [0.15, 0.2) is 0 Å². The van der Waals surface area contributed by atoms with E-state index in [1.54, 1.807) is 12.1 Å². The molecule has 0 spiro atoms. The molecule has 4 N–H and O–H groups in total. The van der Waals surface area contributed by atoms with Crippen molar-refractivity contribution in [2.75, 3.05) is 13.2 Å². The van der Waals surface area contributed by atoms with Crippen molar-refractivity contribution in [1.82, 2.24) is 0 Å². The molecule has 6 heteroatoms. The van der Waals surface area contributed by atoms with Crippen LogP contribution in [0.5, 0.6) is 11.5 Å². The van der Waals surface area contributed by atoms with Gasteiger partial charge in [-0.1, -0.05) is 24.3 Å². The molecule has 2 aromatic carbocycles. The first kappa shape index (κ1) is 18.3. The molecule has 0 aromatic heterocycles. The van der Waals surface area contributed by atoms with Crippen LogP contribution in [-0.4, -0.2) is 25.0 Å². The highest BCUT2D eigenvalue weighted by atomic mass is 16.5. The summed E-state index contributed by atoms with van der Waals surface area (Å²) in [7, 11) is 0. The minimum Gasteiger partial charge on any atom is -0.493 e. The van der Waals surface area contributed by atoms with E-state index in [0.717, 1.165) is 11.1 Å². The molecule has 2 amide bonds. The third-order valence-corrected chi connectivity index (χ3v) is 3.38. The summed E-state index contributed by atoms with van der Waals surface area (Å²) in [5.74, 6) is 0.651. The first-order valence-corrected chi connectivity index (χ1v) is 8.03. The molecule has 0 saturated carbocycles. The highest BCUT2D eigenvalue weighted by molar-refractivity contribution is 5.77. The average Bonchev–Trinajstić information content (AvgIpc) is 2.54. The summed E-state index contributed by atoms with van der Waals surface area (Å²) in [6.45, 7) is 0.974. The monoisotopic (exact) mass is 342 g/mol. The van der Waals surface area contributed by atoms with E-state index in [1.807, 2.05) is 36.4 Å². The van der Waals surface area contributed by atoms with E-state index in [2.05, 4.69) is 0 Å². The summed E-state index contributed by atoms with van der Waals surface area (Å²) < 4.78 is 11.3. The Kier molecular flexibility index (Phi) is 6.83. The maximum absolute atomic E-state index is 10.9. The maximum atomic E-state index is 10.9. The minimum atomic E-state index is -0.371. The van der Waals surface area contributed by atoms with Crippen LogP contribution in [0.3, 0.4) is 0 Å². The molecule has 2 rings (SSSR count). The van der Waals surface area contributed by atoms with Crippen molar-refractivity contribution in [3.05, 3.63) is 59.7 Å². The Morgan fingerprint density at radius 3 is 1.60 bits per heavy atom. The van der Waals surface area contributed by atoms with E-state index in [0.29, 0.717) is 31.1 Å². The lowest BCUT2D eigenvalue weighted by Gasteiger charge is -2.09. The lowest BCUT2D eigenvalue weighted by molar-refractivity contribution is -0.118. The molecule has 0 heterocycles. The molecule has 0 fully saturated rings. The first-order valence-electron chi connectivity index (χ1n) is 8.03. The molecule has 0 bridgehead atoms. The van der Waals surface area contributed by atoms with Crippen LogP contribution in [0.15, 0.2) is 48.5 Å².